The molecule has 0 saturated heterocycles. The van der Waals surface area contributed by atoms with Crippen molar-refractivity contribution < 1.29 is 15.0 Å². The summed E-state index contributed by atoms with van der Waals surface area (Å²) in [5, 5.41) is 23.2. The average molecular weight is 1030 g/mol. The van der Waals surface area contributed by atoms with E-state index in [1.54, 1.807) is 6.08 Å². The molecule has 74 heavy (non-hydrogen) atoms. The molecule has 0 rings (SSSR count). The van der Waals surface area contributed by atoms with Crippen LogP contribution < -0.4 is 5.32 Å². The predicted octanol–water partition coefficient (Wildman–Crippen LogP) is 22.7. The van der Waals surface area contributed by atoms with E-state index in [4.69, 9.17) is 0 Å². The molecule has 2 atom stereocenters. The third-order valence-corrected chi connectivity index (χ3v) is 15.5. The van der Waals surface area contributed by atoms with E-state index in [1.165, 1.54) is 295 Å². The molecule has 0 spiro atoms. The molecular weight excluding hydrogens is 903 g/mol. The highest BCUT2D eigenvalue weighted by molar-refractivity contribution is 5.76. The second kappa shape index (κ2) is 65.4. The first-order valence-corrected chi connectivity index (χ1v) is 33.5. The molecule has 2 unspecified atom stereocenters. The van der Waals surface area contributed by atoms with Crippen LogP contribution >= 0.6 is 0 Å². The minimum absolute atomic E-state index is 0.0724. The standard InChI is InChI=1S/C70H131NO3/c1-3-5-7-9-11-13-15-17-19-21-23-25-27-29-31-33-34-35-36-38-40-42-44-46-48-50-52-54-56-58-60-62-64-66-70(74)71-68(67-72)69(73)65-63-61-59-57-55-53-51-49-47-45-43-41-39-37-32-30-28-26-24-22-20-18-16-14-12-10-8-6-4-2/h15,17,21,23,47,49,55,57,63,65,68-69,72-73H,3-14,16,18-20,22,24-46,48,50-54,56,58-62,64,66-67H2,1-2H3,(H,71,74)/b17-15-,23-21-,49-47+,57-55+,65-63+. The van der Waals surface area contributed by atoms with Gasteiger partial charge in [-0.25, -0.2) is 0 Å². The van der Waals surface area contributed by atoms with Gasteiger partial charge in [0.2, 0.25) is 5.91 Å². The van der Waals surface area contributed by atoms with Crippen LogP contribution in [0.1, 0.15) is 361 Å². The number of aliphatic hydroxyl groups excluding tert-OH is 2. The van der Waals surface area contributed by atoms with Gasteiger partial charge in [-0.05, 0) is 77.0 Å². The van der Waals surface area contributed by atoms with Crippen molar-refractivity contribution in [3.05, 3.63) is 60.8 Å². The van der Waals surface area contributed by atoms with Crippen molar-refractivity contribution in [3.63, 3.8) is 0 Å². The molecule has 0 bridgehead atoms. The molecule has 1 amide bonds. The van der Waals surface area contributed by atoms with E-state index in [1.807, 2.05) is 6.08 Å². The molecular formula is C70H131NO3. The molecule has 0 saturated carbocycles. The fourth-order valence-electron chi connectivity index (χ4n) is 10.4. The van der Waals surface area contributed by atoms with Crippen molar-refractivity contribution in [3.8, 4) is 0 Å². The number of amides is 1. The maximum atomic E-state index is 12.5. The van der Waals surface area contributed by atoms with Crippen LogP contribution in [-0.4, -0.2) is 34.9 Å². The highest BCUT2D eigenvalue weighted by Gasteiger charge is 2.18. The number of hydrogen-bond donors (Lipinski definition) is 3. The summed E-state index contributed by atoms with van der Waals surface area (Å²) in [7, 11) is 0. The average Bonchev–Trinajstić information content (AvgIpc) is 3.40. The Hall–Kier alpha value is -1.91. The normalized spacial score (nSPS) is 13.1. The molecule has 3 N–H and O–H groups in total. The topological polar surface area (TPSA) is 69.6 Å². The van der Waals surface area contributed by atoms with Gasteiger partial charge in [-0.15, -0.1) is 0 Å². The van der Waals surface area contributed by atoms with Crippen molar-refractivity contribution in [2.45, 2.75) is 373 Å². The quantitative estimate of drug-likeness (QED) is 0.0420. The molecule has 0 aromatic rings. The highest BCUT2D eigenvalue weighted by atomic mass is 16.3. The largest absolute Gasteiger partial charge is 0.394 e. The number of carbonyl (C=O) groups is 1. The Morgan fingerprint density at radius 1 is 0.324 bits per heavy atom. The van der Waals surface area contributed by atoms with Crippen LogP contribution in [0.3, 0.4) is 0 Å². The smallest absolute Gasteiger partial charge is 0.220 e. The summed E-state index contributed by atoms with van der Waals surface area (Å²) in [5.74, 6) is -0.0724. The second-order valence-corrected chi connectivity index (χ2v) is 22.9. The van der Waals surface area contributed by atoms with Gasteiger partial charge >= 0.3 is 0 Å². The Balaban J connectivity index is 3.49. The third kappa shape index (κ3) is 60.9. The van der Waals surface area contributed by atoms with Crippen molar-refractivity contribution in [2.75, 3.05) is 6.61 Å². The van der Waals surface area contributed by atoms with Crippen molar-refractivity contribution in [1.82, 2.24) is 5.32 Å². The van der Waals surface area contributed by atoms with E-state index in [0.717, 1.165) is 44.9 Å². The maximum Gasteiger partial charge on any atom is 0.220 e. The van der Waals surface area contributed by atoms with E-state index < -0.39 is 12.1 Å². The summed E-state index contributed by atoms with van der Waals surface area (Å²) in [4.78, 5) is 12.5. The second-order valence-electron chi connectivity index (χ2n) is 22.9. The molecule has 0 heterocycles. The van der Waals surface area contributed by atoms with Gasteiger partial charge in [-0.1, -0.05) is 338 Å². The van der Waals surface area contributed by atoms with Crippen LogP contribution in [0.2, 0.25) is 0 Å². The predicted molar refractivity (Wildman–Crippen MR) is 331 cm³/mol. The molecule has 434 valence electrons. The van der Waals surface area contributed by atoms with Gasteiger partial charge in [0.05, 0.1) is 18.8 Å². The molecule has 0 radical (unpaired) electrons. The lowest BCUT2D eigenvalue weighted by Crippen LogP contribution is -2.45. The summed E-state index contributed by atoms with van der Waals surface area (Å²) in [5.41, 5.74) is 0. The fourth-order valence-corrected chi connectivity index (χ4v) is 10.4. The summed E-state index contributed by atoms with van der Waals surface area (Å²) in [6, 6.07) is -0.648. The van der Waals surface area contributed by atoms with E-state index in [-0.39, 0.29) is 12.5 Å². The lowest BCUT2D eigenvalue weighted by Gasteiger charge is -2.19. The summed E-state index contributed by atoms with van der Waals surface area (Å²) in [6.07, 6.45) is 93.0. The Kier molecular flexibility index (Phi) is 63.7. The lowest BCUT2D eigenvalue weighted by atomic mass is 10.0. The van der Waals surface area contributed by atoms with Crippen LogP contribution in [0.4, 0.5) is 0 Å². The van der Waals surface area contributed by atoms with Gasteiger partial charge in [0.25, 0.3) is 0 Å². The molecule has 4 nitrogen and oxygen atoms in total. The zero-order chi connectivity index (χ0) is 53.4. The van der Waals surface area contributed by atoms with Gasteiger partial charge in [-0.3, -0.25) is 4.79 Å². The van der Waals surface area contributed by atoms with Crippen LogP contribution in [0, 0.1) is 0 Å². The summed E-state index contributed by atoms with van der Waals surface area (Å²) >= 11 is 0. The van der Waals surface area contributed by atoms with E-state index in [9.17, 15) is 15.0 Å². The summed E-state index contributed by atoms with van der Waals surface area (Å²) < 4.78 is 0. The zero-order valence-electron chi connectivity index (χ0n) is 50.1. The molecule has 0 aromatic heterocycles. The number of unbranched alkanes of at least 4 members (excludes halogenated alkanes) is 47. The van der Waals surface area contributed by atoms with Gasteiger partial charge < -0.3 is 15.5 Å². The number of hydrogen-bond acceptors (Lipinski definition) is 3. The Morgan fingerprint density at radius 3 is 0.865 bits per heavy atom. The lowest BCUT2D eigenvalue weighted by molar-refractivity contribution is -0.123. The number of rotatable bonds is 62. The zero-order valence-corrected chi connectivity index (χ0v) is 50.1. The first-order chi connectivity index (χ1) is 36.7. The van der Waals surface area contributed by atoms with Gasteiger partial charge in [0, 0.05) is 6.42 Å². The Bertz CT molecular complexity index is 1220. The minimum Gasteiger partial charge on any atom is -0.394 e. The first-order valence-electron chi connectivity index (χ1n) is 33.5. The van der Waals surface area contributed by atoms with E-state index >= 15 is 0 Å². The van der Waals surface area contributed by atoms with Crippen LogP contribution in [-0.2, 0) is 4.79 Å². The molecule has 0 aromatic carbocycles. The highest BCUT2D eigenvalue weighted by Crippen LogP contribution is 2.18. The van der Waals surface area contributed by atoms with Crippen LogP contribution in [0.15, 0.2) is 60.8 Å². The van der Waals surface area contributed by atoms with Gasteiger partial charge in [0.15, 0.2) is 0 Å². The van der Waals surface area contributed by atoms with E-state index in [0.29, 0.717) is 6.42 Å². The van der Waals surface area contributed by atoms with E-state index in [2.05, 4.69) is 67.8 Å². The minimum atomic E-state index is -0.873. The van der Waals surface area contributed by atoms with Crippen molar-refractivity contribution in [1.29, 1.82) is 0 Å². The molecule has 4 heteroatoms. The van der Waals surface area contributed by atoms with Crippen LogP contribution in [0.5, 0.6) is 0 Å². The fraction of sp³-hybridized carbons (Fsp3) is 0.843. The Labute approximate surface area is 464 Å². The first kappa shape index (κ1) is 72.1. The Morgan fingerprint density at radius 2 is 0.568 bits per heavy atom. The molecule has 0 fully saturated rings. The number of allylic oxidation sites excluding steroid dienone is 9. The SMILES string of the molecule is CCCCCCC/C=C\C/C=C\CCCCCCCCCCCCCCCCCCCCCCCC(=O)NC(CO)C(O)/C=C/CC/C=C/CC/C=C/CCCCCCCCCCCCCCCCCCCCC. The molecule has 0 aliphatic rings. The van der Waals surface area contributed by atoms with Crippen LogP contribution in [0.25, 0.3) is 0 Å². The van der Waals surface area contributed by atoms with Crippen molar-refractivity contribution in [2.24, 2.45) is 0 Å². The number of carbonyl (C=O) groups excluding carboxylic acids is 1. The third-order valence-electron chi connectivity index (χ3n) is 15.5. The number of aliphatic hydroxyl groups is 2. The van der Waals surface area contributed by atoms with Gasteiger partial charge in [0.1, 0.15) is 0 Å². The molecule has 0 aliphatic carbocycles. The number of nitrogens with one attached hydrogen (secondary N) is 1. The van der Waals surface area contributed by atoms with Crippen molar-refractivity contribution >= 4 is 5.91 Å². The maximum absolute atomic E-state index is 12.5. The van der Waals surface area contributed by atoms with Gasteiger partial charge in [-0.2, -0.15) is 0 Å². The monoisotopic (exact) mass is 1030 g/mol. The molecule has 0 aliphatic heterocycles. The summed E-state index contributed by atoms with van der Waals surface area (Å²) in [6.45, 7) is 4.32.